The van der Waals surface area contributed by atoms with E-state index in [4.69, 9.17) is 0 Å². The number of anilines is 1. The van der Waals surface area contributed by atoms with Crippen LogP contribution in [0.5, 0.6) is 0 Å². The third kappa shape index (κ3) is 3.96. The zero-order chi connectivity index (χ0) is 19.4. The molecule has 136 valence electrons. The minimum atomic E-state index is -0.959. The van der Waals surface area contributed by atoms with E-state index in [1.165, 1.54) is 0 Å². The molecule has 1 N–H and O–H groups in total. The van der Waals surface area contributed by atoms with Crippen LogP contribution < -0.4 is 10.9 Å². The third-order valence-electron chi connectivity index (χ3n) is 3.70. The first kappa shape index (κ1) is 19.7. The molecule has 0 bridgehead atoms. The van der Waals surface area contributed by atoms with E-state index in [2.05, 4.69) is 26.3 Å². The number of carbonyl (C=O) groups excluding carboxylic acids is 1. The number of hydrogen-bond acceptors (Lipinski definition) is 4. The van der Waals surface area contributed by atoms with E-state index in [0.29, 0.717) is 30.2 Å². The van der Waals surface area contributed by atoms with Crippen molar-refractivity contribution >= 4 is 27.5 Å². The molecule has 26 heavy (non-hydrogen) atoms. The Balaban J connectivity index is 2.36. The van der Waals surface area contributed by atoms with Crippen LogP contribution in [0.2, 0.25) is 0 Å². The fourth-order valence-electron chi connectivity index (χ4n) is 2.52. The predicted molar refractivity (Wildman–Crippen MR) is 94.7 cm³/mol. The van der Waals surface area contributed by atoms with Gasteiger partial charge in [0.15, 0.2) is 5.82 Å². The second-order valence-electron chi connectivity index (χ2n) is 5.37. The Morgan fingerprint density at radius 2 is 2.04 bits per heavy atom. The lowest BCUT2D eigenvalue weighted by Crippen LogP contribution is -2.33. The third-order valence-corrected chi connectivity index (χ3v) is 4.33. The van der Waals surface area contributed by atoms with Gasteiger partial charge in [-0.05, 0) is 40.4 Å². The number of nitrogens with one attached hydrogen (secondary N) is 1. The highest BCUT2D eigenvalue weighted by Gasteiger charge is 2.18. The summed E-state index contributed by atoms with van der Waals surface area (Å²) in [7, 11) is 0. The molecule has 0 saturated heterocycles. The summed E-state index contributed by atoms with van der Waals surface area (Å²) in [6, 6.07) is 3.49. The molecule has 0 aliphatic carbocycles. The molecule has 2 aromatic rings. The van der Waals surface area contributed by atoms with Gasteiger partial charge in [-0.3, -0.25) is 9.59 Å². The van der Waals surface area contributed by atoms with Gasteiger partial charge in [0.05, 0.1) is 11.4 Å². The van der Waals surface area contributed by atoms with Crippen LogP contribution in [0.3, 0.4) is 0 Å². The van der Waals surface area contributed by atoms with Gasteiger partial charge in [-0.15, -0.1) is 0 Å². The molecule has 0 atom stereocenters. The number of nitrogens with zero attached hydrogens (tertiary/aromatic N) is 3. The maximum atomic E-state index is 13.8. The molecule has 1 aromatic carbocycles. The average Bonchev–Trinajstić information content (AvgIpc) is 2.59. The fraction of sp³-hybridized carbons (Fsp3) is 0.294. The standard InChI is InChI=1S/C17H15BrF2N4O2/c1-3-10-11(7-21)17(26)24(23-14(10)4-2)8-15(25)22-16-12(18)5-9(19)6-13(16)20/h5-6H,3-4,8H2,1-2H3,(H,22,25). The minimum Gasteiger partial charge on any atom is -0.321 e. The van der Waals surface area contributed by atoms with Gasteiger partial charge < -0.3 is 5.32 Å². The van der Waals surface area contributed by atoms with Gasteiger partial charge in [0.2, 0.25) is 5.91 Å². The van der Waals surface area contributed by atoms with Gasteiger partial charge >= 0.3 is 0 Å². The van der Waals surface area contributed by atoms with Crippen LogP contribution in [-0.2, 0) is 24.2 Å². The highest BCUT2D eigenvalue weighted by Crippen LogP contribution is 2.26. The summed E-state index contributed by atoms with van der Waals surface area (Å²) in [6.45, 7) is 3.12. The maximum absolute atomic E-state index is 13.8. The van der Waals surface area contributed by atoms with E-state index in [1.807, 2.05) is 19.9 Å². The summed E-state index contributed by atoms with van der Waals surface area (Å²) in [6.07, 6.45) is 0.951. The molecule has 0 spiro atoms. The first-order chi connectivity index (χ1) is 12.3. The molecule has 9 heteroatoms. The Morgan fingerprint density at radius 1 is 1.35 bits per heavy atom. The molecule has 1 amide bonds. The number of halogens is 3. The summed E-state index contributed by atoms with van der Waals surface area (Å²) in [5, 5.41) is 15.7. The van der Waals surface area contributed by atoms with Crippen molar-refractivity contribution in [1.29, 1.82) is 5.26 Å². The summed E-state index contributed by atoms with van der Waals surface area (Å²) < 4.78 is 27.8. The van der Waals surface area contributed by atoms with E-state index >= 15 is 0 Å². The molecule has 6 nitrogen and oxygen atoms in total. The zero-order valence-electron chi connectivity index (χ0n) is 14.1. The lowest BCUT2D eigenvalue weighted by atomic mass is 10.0. The molecule has 0 fully saturated rings. The Morgan fingerprint density at radius 3 is 2.58 bits per heavy atom. The fourth-order valence-corrected chi connectivity index (χ4v) is 3.03. The predicted octanol–water partition coefficient (Wildman–Crippen LogP) is 2.92. The van der Waals surface area contributed by atoms with E-state index < -0.39 is 29.6 Å². The Bertz CT molecular complexity index is 943. The highest BCUT2D eigenvalue weighted by atomic mass is 79.9. The van der Waals surface area contributed by atoms with E-state index in [1.54, 1.807) is 0 Å². The smallest absolute Gasteiger partial charge is 0.285 e. The maximum Gasteiger partial charge on any atom is 0.285 e. The SMILES string of the molecule is CCc1nn(CC(=O)Nc2c(F)cc(F)cc2Br)c(=O)c(C#N)c1CC. The number of rotatable bonds is 5. The topological polar surface area (TPSA) is 87.8 Å². The molecule has 0 aliphatic heterocycles. The second kappa shape index (κ2) is 8.19. The van der Waals surface area contributed by atoms with Gasteiger partial charge in [0.1, 0.15) is 24.0 Å². The van der Waals surface area contributed by atoms with Crippen molar-refractivity contribution in [1.82, 2.24) is 9.78 Å². The lowest BCUT2D eigenvalue weighted by molar-refractivity contribution is -0.117. The summed E-state index contributed by atoms with van der Waals surface area (Å²) in [4.78, 5) is 24.6. The number of aromatic nitrogens is 2. The van der Waals surface area contributed by atoms with Gasteiger partial charge in [0.25, 0.3) is 5.56 Å². The van der Waals surface area contributed by atoms with E-state index in [9.17, 15) is 23.6 Å². The quantitative estimate of drug-likeness (QED) is 0.798. The van der Waals surface area contributed by atoms with Crippen molar-refractivity contribution in [2.45, 2.75) is 33.2 Å². The van der Waals surface area contributed by atoms with Crippen LogP contribution in [0.15, 0.2) is 21.4 Å². The number of nitriles is 1. The van der Waals surface area contributed by atoms with Crippen molar-refractivity contribution in [3.63, 3.8) is 0 Å². The molecule has 0 aliphatic rings. The number of hydrogen-bond donors (Lipinski definition) is 1. The summed E-state index contributed by atoms with van der Waals surface area (Å²) >= 11 is 2.97. The first-order valence-corrected chi connectivity index (χ1v) is 8.58. The summed E-state index contributed by atoms with van der Waals surface area (Å²) in [5.41, 5.74) is 0.122. The Labute approximate surface area is 156 Å². The number of amides is 1. The van der Waals surface area contributed by atoms with Crippen molar-refractivity contribution < 1.29 is 13.6 Å². The molecule has 0 radical (unpaired) electrons. The van der Waals surface area contributed by atoms with Gasteiger partial charge in [-0.25, -0.2) is 13.5 Å². The van der Waals surface area contributed by atoms with Crippen molar-refractivity contribution in [2.75, 3.05) is 5.32 Å². The van der Waals surface area contributed by atoms with Crippen molar-refractivity contribution in [3.05, 3.63) is 55.4 Å². The number of aryl methyl sites for hydroxylation is 1. The molecule has 1 heterocycles. The van der Waals surface area contributed by atoms with Crippen LogP contribution in [0.4, 0.5) is 14.5 Å². The Hall–Kier alpha value is -2.60. The monoisotopic (exact) mass is 424 g/mol. The van der Waals surface area contributed by atoms with E-state index in [-0.39, 0.29) is 15.7 Å². The van der Waals surface area contributed by atoms with Crippen LogP contribution in [0.25, 0.3) is 0 Å². The van der Waals surface area contributed by atoms with E-state index in [0.717, 1.165) is 10.7 Å². The van der Waals surface area contributed by atoms with Crippen LogP contribution in [0.1, 0.15) is 30.7 Å². The minimum absolute atomic E-state index is 0.0250. The molecular formula is C17H15BrF2N4O2. The summed E-state index contributed by atoms with van der Waals surface area (Å²) in [5.74, 6) is -2.49. The van der Waals surface area contributed by atoms with Gasteiger partial charge in [0, 0.05) is 10.5 Å². The molecule has 0 unspecified atom stereocenters. The van der Waals surface area contributed by atoms with Crippen LogP contribution >= 0.6 is 15.9 Å². The normalized spacial score (nSPS) is 10.5. The van der Waals surface area contributed by atoms with Crippen LogP contribution in [0, 0.1) is 23.0 Å². The van der Waals surface area contributed by atoms with Crippen molar-refractivity contribution in [3.8, 4) is 6.07 Å². The lowest BCUT2D eigenvalue weighted by Gasteiger charge is -2.13. The van der Waals surface area contributed by atoms with Crippen LogP contribution in [-0.4, -0.2) is 15.7 Å². The van der Waals surface area contributed by atoms with Gasteiger partial charge in [-0.2, -0.15) is 10.4 Å². The van der Waals surface area contributed by atoms with Gasteiger partial charge in [-0.1, -0.05) is 13.8 Å². The largest absolute Gasteiger partial charge is 0.321 e. The zero-order valence-corrected chi connectivity index (χ0v) is 15.7. The number of carbonyl (C=O) groups is 1. The average molecular weight is 425 g/mol. The second-order valence-corrected chi connectivity index (χ2v) is 6.23. The molecule has 1 aromatic heterocycles. The molecule has 0 saturated carbocycles. The van der Waals surface area contributed by atoms with Crippen molar-refractivity contribution in [2.24, 2.45) is 0 Å². The first-order valence-electron chi connectivity index (χ1n) is 7.79. The molecular weight excluding hydrogens is 410 g/mol. The highest BCUT2D eigenvalue weighted by molar-refractivity contribution is 9.10. The molecule has 2 rings (SSSR count). The number of benzene rings is 1. The Kier molecular flexibility index (Phi) is 6.21.